The molecule has 0 N–H and O–H groups in total. The van der Waals surface area contributed by atoms with Crippen LogP contribution in [0.2, 0.25) is 0 Å². The smallest absolute Gasteiger partial charge is 0.363 e. The van der Waals surface area contributed by atoms with E-state index in [9.17, 15) is 19.3 Å². The number of carbonyl (C=O) groups is 1. The molecule has 0 aliphatic carbocycles. The fourth-order valence-corrected chi connectivity index (χ4v) is 2.91. The molecule has 0 bridgehead atoms. The number of ether oxygens (including phenoxy) is 2. The van der Waals surface area contributed by atoms with Crippen LogP contribution in [0.15, 0.2) is 83.5 Å². The third-order valence-corrected chi connectivity index (χ3v) is 4.48. The highest BCUT2D eigenvalue weighted by Gasteiger charge is 2.26. The number of esters is 1. The van der Waals surface area contributed by atoms with Crippen LogP contribution < -0.4 is 4.74 Å². The number of nitrogens with zero attached hydrogens (tertiary/aromatic N) is 2. The molecule has 0 radical (unpaired) electrons. The number of para-hydroxylation sites is 1. The molecule has 1 aliphatic rings. The largest absolute Gasteiger partial charge is 0.488 e. The molecule has 1 heterocycles. The van der Waals surface area contributed by atoms with E-state index in [-0.39, 0.29) is 29.5 Å². The third-order valence-electron chi connectivity index (χ3n) is 4.48. The minimum Gasteiger partial charge on any atom is -0.488 e. The molecule has 8 heteroatoms. The average molecular weight is 418 g/mol. The fraction of sp³-hybridized carbons (Fsp3) is 0.0435. The van der Waals surface area contributed by atoms with Gasteiger partial charge >= 0.3 is 5.97 Å². The van der Waals surface area contributed by atoms with Gasteiger partial charge in [0.05, 0.1) is 10.5 Å². The minimum atomic E-state index is -0.691. The quantitative estimate of drug-likeness (QED) is 0.251. The standard InChI is InChI=1S/C23H15FN2O5/c24-19-7-3-2-6-18(19)22-25-20(23(27)31-22)13-16-5-1-4-8-21(16)30-14-15-9-11-17(12-10-15)26(28)29/h1-13H,14H2/b20-13+. The van der Waals surface area contributed by atoms with E-state index >= 15 is 0 Å². The van der Waals surface area contributed by atoms with Crippen molar-refractivity contribution < 1.29 is 23.6 Å². The van der Waals surface area contributed by atoms with Gasteiger partial charge in [0.2, 0.25) is 5.90 Å². The number of rotatable bonds is 6. The third kappa shape index (κ3) is 4.48. The summed E-state index contributed by atoms with van der Waals surface area (Å²) in [5.41, 5.74) is 1.44. The Balaban J connectivity index is 1.55. The molecular weight excluding hydrogens is 403 g/mol. The van der Waals surface area contributed by atoms with E-state index in [1.807, 2.05) is 0 Å². The zero-order chi connectivity index (χ0) is 21.8. The maximum absolute atomic E-state index is 14.0. The summed E-state index contributed by atoms with van der Waals surface area (Å²) in [6.07, 6.45) is 1.50. The molecule has 0 amide bonds. The Morgan fingerprint density at radius 1 is 1.03 bits per heavy atom. The molecule has 7 nitrogen and oxygen atoms in total. The van der Waals surface area contributed by atoms with Crippen molar-refractivity contribution in [2.24, 2.45) is 4.99 Å². The van der Waals surface area contributed by atoms with Crippen molar-refractivity contribution in [3.05, 3.63) is 111 Å². The summed E-state index contributed by atoms with van der Waals surface area (Å²) in [7, 11) is 0. The normalized spacial score (nSPS) is 14.3. The molecule has 3 aromatic carbocycles. The number of nitro groups is 1. The first-order valence-electron chi connectivity index (χ1n) is 9.24. The first-order valence-corrected chi connectivity index (χ1v) is 9.24. The number of hydrogen-bond donors (Lipinski definition) is 0. The first kappa shape index (κ1) is 20.0. The Hall–Kier alpha value is -4.33. The van der Waals surface area contributed by atoms with Crippen LogP contribution >= 0.6 is 0 Å². The van der Waals surface area contributed by atoms with Crippen LogP contribution in [0.5, 0.6) is 5.75 Å². The van der Waals surface area contributed by atoms with Gasteiger partial charge in [-0.05, 0) is 42.0 Å². The van der Waals surface area contributed by atoms with Gasteiger partial charge in [-0.3, -0.25) is 10.1 Å². The number of nitro benzene ring substituents is 1. The SMILES string of the molecule is O=C1OC(c2ccccc2F)=N/C1=C/c1ccccc1OCc1ccc([N+](=O)[O-])cc1. The summed E-state index contributed by atoms with van der Waals surface area (Å²) in [5.74, 6) is -0.847. The zero-order valence-corrected chi connectivity index (χ0v) is 16.0. The van der Waals surface area contributed by atoms with Gasteiger partial charge < -0.3 is 9.47 Å². The van der Waals surface area contributed by atoms with E-state index in [0.29, 0.717) is 11.3 Å². The first-order chi connectivity index (χ1) is 15.0. The Morgan fingerprint density at radius 3 is 2.48 bits per heavy atom. The molecule has 0 saturated heterocycles. The van der Waals surface area contributed by atoms with Crippen LogP contribution in [0, 0.1) is 15.9 Å². The number of non-ortho nitro benzene ring substituents is 1. The summed E-state index contributed by atoms with van der Waals surface area (Å²) in [4.78, 5) is 26.6. The molecular formula is C23H15FN2O5. The van der Waals surface area contributed by atoms with E-state index in [1.165, 1.54) is 36.4 Å². The van der Waals surface area contributed by atoms with E-state index in [1.54, 1.807) is 42.5 Å². The van der Waals surface area contributed by atoms with Crippen molar-refractivity contribution >= 4 is 23.6 Å². The summed E-state index contributed by atoms with van der Waals surface area (Å²) in [6.45, 7) is 0.173. The molecule has 154 valence electrons. The molecule has 0 spiro atoms. The lowest BCUT2D eigenvalue weighted by atomic mass is 10.1. The van der Waals surface area contributed by atoms with Crippen LogP contribution in [0.4, 0.5) is 10.1 Å². The number of aliphatic imine (C=N–C) groups is 1. The lowest BCUT2D eigenvalue weighted by Gasteiger charge is -2.09. The highest BCUT2D eigenvalue weighted by atomic mass is 19.1. The van der Waals surface area contributed by atoms with Crippen molar-refractivity contribution in [3.8, 4) is 5.75 Å². The maximum atomic E-state index is 14.0. The Labute approximate surface area is 176 Å². The molecule has 4 rings (SSSR count). The van der Waals surface area contributed by atoms with E-state index in [4.69, 9.17) is 9.47 Å². The fourth-order valence-electron chi connectivity index (χ4n) is 2.91. The van der Waals surface area contributed by atoms with Crippen LogP contribution in [-0.4, -0.2) is 16.8 Å². The highest BCUT2D eigenvalue weighted by Crippen LogP contribution is 2.26. The second kappa shape index (κ2) is 8.58. The Kier molecular flexibility index (Phi) is 5.53. The monoisotopic (exact) mass is 418 g/mol. The minimum absolute atomic E-state index is 0.00264. The molecule has 0 saturated carbocycles. The highest BCUT2D eigenvalue weighted by molar-refractivity contribution is 6.13. The van der Waals surface area contributed by atoms with E-state index in [0.717, 1.165) is 5.56 Å². The summed E-state index contributed by atoms with van der Waals surface area (Å²) in [6, 6.07) is 18.9. The van der Waals surface area contributed by atoms with Gasteiger partial charge in [-0.1, -0.05) is 30.3 Å². The van der Waals surface area contributed by atoms with Crippen LogP contribution in [0.25, 0.3) is 6.08 Å². The van der Waals surface area contributed by atoms with Gasteiger partial charge in [0.15, 0.2) is 5.70 Å². The van der Waals surface area contributed by atoms with Gasteiger partial charge in [0, 0.05) is 17.7 Å². The molecule has 0 aromatic heterocycles. The zero-order valence-electron chi connectivity index (χ0n) is 16.0. The van der Waals surface area contributed by atoms with Gasteiger partial charge in [-0.15, -0.1) is 0 Å². The van der Waals surface area contributed by atoms with Gasteiger partial charge in [-0.2, -0.15) is 0 Å². The lowest BCUT2D eigenvalue weighted by molar-refractivity contribution is -0.384. The predicted octanol–water partition coefficient (Wildman–Crippen LogP) is 4.66. The lowest BCUT2D eigenvalue weighted by Crippen LogP contribution is -2.07. The second-order valence-corrected chi connectivity index (χ2v) is 6.57. The van der Waals surface area contributed by atoms with Crippen molar-refractivity contribution in [2.45, 2.75) is 6.61 Å². The maximum Gasteiger partial charge on any atom is 0.363 e. The summed E-state index contributed by atoms with van der Waals surface area (Å²) in [5, 5.41) is 10.8. The Morgan fingerprint density at radius 2 is 1.74 bits per heavy atom. The second-order valence-electron chi connectivity index (χ2n) is 6.57. The number of cyclic esters (lactones) is 1. The van der Waals surface area contributed by atoms with Crippen molar-refractivity contribution in [3.63, 3.8) is 0 Å². The van der Waals surface area contributed by atoms with Gasteiger partial charge in [-0.25, -0.2) is 14.2 Å². The molecule has 1 aliphatic heterocycles. The van der Waals surface area contributed by atoms with Crippen molar-refractivity contribution in [1.82, 2.24) is 0 Å². The summed E-state index contributed by atoms with van der Waals surface area (Å²) < 4.78 is 24.9. The molecule has 0 atom stereocenters. The van der Waals surface area contributed by atoms with Crippen molar-refractivity contribution in [1.29, 1.82) is 0 Å². The van der Waals surface area contributed by atoms with Crippen LogP contribution in [-0.2, 0) is 16.1 Å². The number of benzene rings is 3. The van der Waals surface area contributed by atoms with Crippen LogP contribution in [0.3, 0.4) is 0 Å². The average Bonchev–Trinajstić information content (AvgIpc) is 3.13. The van der Waals surface area contributed by atoms with E-state index in [2.05, 4.69) is 4.99 Å². The topological polar surface area (TPSA) is 91.0 Å². The molecule has 31 heavy (non-hydrogen) atoms. The number of carbonyl (C=O) groups excluding carboxylic acids is 1. The molecule has 0 unspecified atom stereocenters. The molecule has 0 fully saturated rings. The number of halogens is 1. The summed E-state index contributed by atoms with van der Waals surface area (Å²) >= 11 is 0. The predicted molar refractivity (Wildman–Crippen MR) is 111 cm³/mol. The van der Waals surface area contributed by atoms with Crippen molar-refractivity contribution in [2.75, 3.05) is 0 Å². The number of hydrogen-bond acceptors (Lipinski definition) is 6. The molecule has 3 aromatic rings. The van der Waals surface area contributed by atoms with Gasteiger partial charge in [0.25, 0.3) is 5.69 Å². The van der Waals surface area contributed by atoms with E-state index < -0.39 is 16.7 Å². The van der Waals surface area contributed by atoms with Crippen LogP contribution in [0.1, 0.15) is 16.7 Å². The van der Waals surface area contributed by atoms with Gasteiger partial charge in [0.1, 0.15) is 18.2 Å². The Bertz CT molecular complexity index is 1220.